The Bertz CT molecular complexity index is 1930. The molecule has 49 heavy (non-hydrogen) atoms. The number of oxime groups is 1. The Morgan fingerprint density at radius 1 is 1.14 bits per heavy atom. The van der Waals surface area contributed by atoms with Crippen molar-refractivity contribution in [1.29, 1.82) is 0 Å². The molecule has 23 heteroatoms. The lowest BCUT2D eigenvalue weighted by atomic mass is 9.61. The Kier molecular flexibility index (Phi) is 7.56. The average Bonchev–Trinajstić information content (AvgIpc) is 3.73. The van der Waals surface area contributed by atoms with E-state index >= 15 is 0 Å². The van der Waals surface area contributed by atoms with E-state index in [2.05, 4.69) is 15.5 Å². The van der Waals surface area contributed by atoms with Crippen LogP contribution in [0.1, 0.15) is 38.8 Å². The summed E-state index contributed by atoms with van der Waals surface area (Å²) in [7, 11) is -4.65. The number of aliphatic carboxylic acids is 2. The fourth-order valence-electron chi connectivity index (χ4n) is 6.05. The summed E-state index contributed by atoms with van der Waals surface area (Å²) in [5.41, 5.74) is -0.213. The number of amides is 2. The number of ether oxygens (including phenoxy) is 1. The van der Waals surface area contributed by atoms with Gasteiger partial charge in [0.25, 0.3) is 11.8 Å². The first-order valence-electron chi connectivity index (χ1n) is 14.1. The monoisotopic (exact) mass is 725 g/mol. The van der Waals surface area contributed by atoms with Crippen LogP contribution in [0.5, 0.6) is 0 Å². The number of nitrogens with one attached hydrogen (secondary N) is 1. The van der Waals surface area contributed by atoms with Gasteiger partial charge in [-0.1, -0.05) is 19.0 Å². The van der Waals surface area contributed by atoms with Crippen molar-refractivity contribution in [2.24, 2.45) is 10.6 Å². The van der Waals surface area contributed by atoms with Gasteiger partial charge in [0.15, 0.2) is 22.4 Å². The number of nitrogens with two attached hydrogens (primary N) is 1. The molecule has 3 fully saturated rings. The highest BCUT2D eigenvalue weighted by atomic mass is 32.2. The fraction of sp³-hybridized carbons (Fsp3) is 0.423. The van der Waals surface area contributed by atoms with E-state index in [1.54, 1.807) is 0 Å². The zero-order chi connectivity index (χ0) is 35.8. The molecule has 5 aliphatic rings. The number of nitrogens with zero attached hydrogens (tertiary/aromatic N) is 5. The number of carboxylic acids is 2. The normalized spacial score (nSPS) is 28.2. The first kappa shape index (κ1) is 33.5. The standard InChI is InChI=1S/C26H27N7O14S2/c1-24(2)9-25(10-24,21(39)40)47-30-17(13-8-48-23(27)29-13)18(36)28-12-7-45-33(19(12)37)26(22(41)42)4-14(20(38)46-26)32-5-11-3-15(34)16(35)6-31(11)49(32,43)44/h3,5-6,8,12,14,34-35H,4,7,9-10H2,1-2H3,(H2,27,29)(H,28,36)(H,39,40)(H,41,42)/b30-17-/t12-,14?,26?/m0/s1. The molecule has 1 aliphatic carbocycles. The van der Waals surface area contributed by atoms with Crippen molar-refractivity contribution >= 4 is 62.1 Å². The summed E-state index contributed by atoms with van der Waals surface area (Å²) < 4.78 is 32.5. The molecule has 1 aromatic heterocycles. The summed E-state index contributed by atoms with van der Waals surface area (Å²) in [6.45, 7) is 2.95. The smallest absolute Gasteiger partial charge is 0.372 e. The number of nitrogen functional groups attached to an aromatic ring is 1. The van der Waals surface area contributed by atoms with Crippen LogP contribution in [0.3, 0.4) is 0 Å². The molecule has 0 spiro atoms. The van der Waals surface area contributed by atoms with Crippen molar-refractivity contribution in [2.45, 2.75) is 56.5 Å². The van der Waals surface area contributed by atoms with Crippen LogP contribution in [0.2, 0.25) is 0 Å². The van der Waals surface area contributed by atoms with Gasteiger partial charge in [0.05, 0.1) is 18.3 Å². The van der Waals surface area contributed by atoms with Crippen LogP contribution in [0.25, 0.3) is 0 Å². The summed E-state index contributed by atoms with van der Waals surface area (Å²) in [5, 5.41) is 47.1. The number of thiazole rings is 1. The first-order valence-corrected chi connectivity index (χ1v) is 16.4. The minimum absolute atomic E-state index is 0.0213. The second-order valence-electron chi connectivity index (χ2n) is 12.3. The molecule has 2 saturated heterocycles. The van der Waals surface area contributed by atoms with Gasteiger partial charge >= 0.3 is 33.8 Å². The first-order chi connectivity index (χ1) is 22.8. The van der Waals surface area contributed by atoms with Crippen LogP contribution in [-0.2, 0) is 48.6 Å². The molecule has 5 heterocycles. The number of carbonyl (C=O) groups excluding carboxylic acids is 3. The lowest BCUT2D eigenvalue weighted by Gasteiger charge is -2.47. The molecule has 262 valence electrons. The topological polar surface area (TPSA) is 301 Å². The van der Waals surface area contributed by atoms with Crippen molar-refractivity contribution in [3.8, 4) is 0 Å². The molecule has 3 atom stereocenters. The van der Waals surface area contributed by atoms with Gasteiger partial charge in [-0.15, -0.1) is 11.3 Å². The highest BCUT2D eigenvalue weighted by Gasteiger charge is 2.65. The maximum absolute atomic E-state index is 13.5. The summed E-state index contributed by atoms with van der Waals surface area (Å²) >= 11 is 0.925. The SMILES string of the molecule is CC1(C)CC(O/N=C(\C(=O)N[C@H]2CON(C3(C(=O)O)CC(N4C=C5C=C(O)C(O)=CN5S4(=O)=O)C(=O)O3)C2=O)c2csc(N)n2)(C(=O)O)C1. The molecule has 2 unspecified atom stereocenters. The summed E-state index contributed by atoms with van der Waals surface area (Å²) in [4.78, 5) is 79.2. The predicted octanol–water partition coefficient (Wildman–Crippen LogP) is -0.997. The number of anilines is 1. The molecule has 6 rings (SSSR count). The van der Waals surface area contributed by atoms with Crippen molar-refractivity contribution in [1.82, 2.24) is 24.0 Å². The number of esters is 1. The number of rotatable bonds is 9. The minimum Gasteiger partial charge on any atom is -0.504 e. The van der Waals surface area contributed by atoms with Gasteiger partial charge in [-0.05, 0) is 5.41 Å². The number of hydrogen-bond acceptors (Lipinski definition) is 16. The molecule has 7 N–H and O–H groups in total. The molecule has 0 aromatic carbocycles. The van der Waals surface area contributed by atoms with Crippen LogP contribution in [0.15, 0.2) is 46.2 Å². The number of carbonyl (C=O) groups is 5. The van der Waals surface area contributed by atoms with Gasteiger partial charge in [-0.25, -0.2) is 28.0 Å². The molecule has 2 amide bonds. The zero-order valence-corrected chi connectivity index (χ0v) is 26.9. The molecule has 0 bridgehead atoms. The second kappa shape index (κ2) is 11.1. The van der Waals surface area contributed by atoms with Gasteiger partial charge in [0, 0.05) is 30.5 Å². The van der Waals surface area contributed by atoms with Crippen LogP contribution >= 0.6 is 11.3 Å². The molecule has 1 aromatic rings. The lowest BCUT2D eigenvalue weighted by molar-refractivity contribution is -0.256. The number of cyclic esters (lactones) is 1. The van der Waals surface area contributed by atoms with Gasteiger partial charge < -0.3 is 41.1 Å². The van der Waals surface area contributed by atoms with Crippen molar-refractivity contribution in [2.75, 3.05) is 12.3 Å². The highest BCUT2D eigenvalue weighted by molar-refractivity contribution is 7.87. The van der Waals surface area contributed by atoms with Gasteiger partial charge in [0.2, 0.25) is 5.60 Å². The quantitative estimate of drug-likeness (QED) is 0.101. The van der Waals surface area contributed by atoms with E-state index in [0.29, 0.717) is 14.8 Å². The average molecular weight is 726 g/mol. The molecular weight excluding hydrogens is 698 g/mol. The molecule has 4 aliphatic heterocycles. The van der Waals surface area contributed by atoms with Gasteiger partial charge in [-0.3, -0.25) is 14.4 Å². The Hall–Kier alpha value is -5.42. The van der Waals surface area contributed by atoms with Gasteiger partial charge in [0.1, 0.15) is 24.4 Å². The Labute approximate surface area is 279 Å². The summed E-state index contributed by atoms with van der Waals surface area (Å²) in [6, 6.07) is -3.48. The Morgan fingerprint density at radius 2 is 1.84 bits per heavy atom. The Balaban J connectivity index is 1.22. The fourth-order valence-corrected chi connectivity index (χ4v) is 8.12. The second-order valence-corrected chi connectivity index (χ2v) is 14.9. The maximum atomic E-state index is 13.5. The number of hydroxylamine groups is 2. The van der Waals surface area contributed by atoms with E-state index in [0.717, 1.165) is 23.6 Å². The Morgan fingerprint density at radius 3 is 2.43 bits per heavy atom. The summed E-state index contributed by atoms with van der Waals surface area (Å²) in [6.07, 6.45) is 1.59. The lowest BCUT2D eigenvalue weighted by Crippen LogP contribution is -2.57. The number of carboxylic acid groups (broad SMARTS) is 2. The van der Waals surface area contributed by atoms with Gasteiger partial charge in [-0.2, -0.15) is 13.5 Å². The van der Waals surface area contributed by atoms with E-state index in [1.807, 2.05) is 13.8 Å². The van der Waals surface area contributed by atoms with Crippen molar-refractivity contribution in [3.63, 3.8) is 0 Å². The van der Waals surface area contributed by atoms with Crippen LogP contribution < -0.4 is 11.1 Å². The number of aliphatic hydroxyl groups excluding tert-OH is 2. The van der Waals surface area contributed by atoms with Crippen molar-refractivity contribution < 1.29 is 67.2 Å². The third-order valence-electron chi connectivity index (χ3n) is 8.18. The minimum atomic E-state index is -4.65. The van der Waals surface area contributed by atoms with E-state index in [9.17, 15) is 52.8 Å². The molecule has 1 saturated carbocycles. The maximum Gasteiger partial charge on any atom is 0.372 e. The number of fused-ring (bicyclic) bond motifs is 1. The van der Waals surface area contributed by atoms with E-state index in [1.165, 1.54) is 5.38 Å². The number of aromatic nitrogens is 1. The van der Waals surface area contributed by atoms with E-state index in [-0.39, 0.29) is 39.8 Å². The van der Waals surface area contributed by atoms with Crippen molar-refractivity contribution in [3.05, 3.63) is 46.8 Å². The third-order valence-corrected chi connectivity index (χ3v) is 10.6. The molecule has 0 radical (unpaired) electrons. The highest BCUT2D eigenvalue weighted by Crippen LogP contribution is 2.50. The molecular formula is C26H27N7O14S2. The number of aliphatic hydroxyl groups is 2. The zero-order valence-electron chi connectivity index (χ0n) is 25.3. The number of hydrogen-bond donors (Lipinski definition) is 6. The molecule has 21 nitrogen and oxygen atoms in total. The largest absolute Gasteiger partial charge is 0.504 e. The van der Waals surface area contributed by atoms with E-state index in [4.69, 9.17) is 20.1 Å². The number of allylic oxidation sites excluding steroid dienone is 1. The van der Waals surface area contributed by atoms with Crippen LogP contribution in [0, 0.1) is 5.41 Å². The summed E-state index contributed by atoms with van der Waals surface area (Å²) in [5.74, 6) is -8.42. The predicted molar refractivity (Wildman–Crippen MR) is 159 cm³/mol. The third kappa shape index (κ3) is 5.34. The van der Waals surface area contributed by atoms with E-state index < -0.39 is 93.6 Å². The van der Waals surface area contributed by atoms with Crippen LogP contribution in [-0.4, -0.2) is 113 Å². The van der Waals surface area contributed by atoms with Crippen LogP contribution in [0.4, 0.5) is 5.13 Å².